The highest BCUT2D eigenvalue weighted by atomic mass is 16.6. The first-order valence-electron chi connectivity index (χ1n) is 35.3. The molecule has 0 heterocycles. The quantitative estimate of drug-likeness (QED) is 0.0261. The SMILES string of the molecule is CCCC/C=C\C/C=C\CCCCCCCC(=O)OCC(COC(=O)CCCCCCCCCCCCCCCCCCCCC/C=C\C/C=C\CCCCCCC)OC(=O)CCCCCCCCC/C=C\CCCCCCCC. The highest BCUT2D eigenvalue weighted by Crippen LogP contribution is 2.18. The summed E-state index contributed by atoms with van der Waals surface area (Å²) in [4.78, 5) is 38.4. The Morgan fingerprint density at radius 1 is 0.250 bits per heavy atom. The van der Waals surface area contributed by atoms with E-state index in [9.17, 15) is 14.4 Å². The minimum Gasteiger partial charge on any atom is -0.462 e. The molecular formula is C74H134O6. The number of hydrogen-bond donors (Lipinski definition) is 0. The molecule has 6 heteroatoms. The fourth-order valence-corrected chi connectivity index (χ4v) is 10.4. The highest BCUT2D eigenvalue weighted by Gasteiger charge is 2.19. The summed E-state index contributed by atoms with van der Waals surface area (Å²) in [5.74, 6) is -0.874. The van der Waals surface area contributed by atoms with Gasteiger partial charge in [-0.3, -0.25) is 14.4 Å². The van der Waals surface area contributed by atoms with Gasteiger partial charge < -0.3 is 14.2 Å². The third kappa shape index (κ3) is 65.9. The van der Waals surface area contributed by atoms with E-state index in [1.165, 1.54) is 250 Å². The van der Waals surface area contributed by atoms with Crippen LogP contribution < -0.4 is 0 Å². The Morgan fingerprint density at radius 3 is 0.738 bits per heavy atom. The molecule has 0 fully saturated rings. The molecular weight excluding hydrogens is 985 g/mol. The van der Waals surface area contributed by atoms with Crippen molar-refractivity contribution in [3.05, 3.63) is 60.8 Å². The molecule has 0 aromatic heterocycles. The summed E-state index contributed by atoms with van der Waals surface area (Å²) in [6.45, 7) is 6.62. The number of hydrogen-bond acceptors (Lipinski definition) is 6. The summed E-state index contributed by atoms with van der Waals surface area (Å²) in [5, 5.41) is 0. The molecule has 0 aliphatic rings. The number of unbranched alkanes of at least 4 members (excludes halogenated alkanes) is 44. The van der Waals surface area contributed by atoms with E-state index in [1.807, 2.05) is 0 Å². The van der Waals surface area contributed by atoms with E-state index in [0.717, 1.165) is 83.5 Å². The summed E-state index contributed by atoms with van der Waals surface area (Å²) < 4.78 is 17.0. The van der Waals surface area contributed by atoms with Crippen molar-refractivity contribution in [3.8, 4) is 0 Å². The lowest BCUT2D eigenvalue weighted by Gasteiger charge is -2.18. The minimum absolute atomic E-state index is 0.0769. The van der Waals surface area contributed by atoms with Gasteiger partial charge in [0.15, 0.2) is 6.10 Å². The van der Waals surface area contributed by atoms with Crippen LogP contribution in [-0.4, -0.2) is 37.2 Å². The van der Waals surface area contributed by atoms with Gasteiger partial charge in [0, 0.05) is 19.3 Å². The Morgan fingerprint density at radius 2 is 0.463 bits per heavy atom. The Kier molecular flexibility index (Phi) is 66.1. The number of ether oxygens (including phenoxy) is 3. The van der Waals surface area contributed by atoms with Gasteiger partial charge in [-0.25, -0.2) is 0 Å². The number of allylic oxidation sites excluding steroid dienone is 10. The zero-order valence-electron chi connectivity index (χ0n) is 53.6. The van der Waals surface area contributed by atoms with Crippen LogP contribution in [0.2, 0.25) is 0 Å². The van der Waals surface area contributed by atoms with Crippen molar-refractivity contribution in [3.63, 3.8) is 0 Å². The van der Waals surface area contributed by atoms with E-state index in [1.54, 1.807) is 0 Å². The number of rotatable bonds is 65. The summed E-state index contributed by atoms with van der Waals surface area (Å²) >= 11 is 0. The standard InChI is InChI=1S/C74H134O6/c1-4-7-10-13-16-19-22-25-28-30-31-32-33-34-35-36-37-38-39-40-41-42-43-45-46-49-52-55-58-61-64-67-73(76)79-70-71(69-78-72(75)66-63-60-57-54-51-48-27-24-21-18-15-12-9-6-3)80-74(77)68-65-62-59-56-53-50-47-44-29-26-23-20-17-14-11-8-5-2/h15,18,22,24-27,29-31,71H,4-14,16-17,19-21,23,28,32-70H2,1-3H3/b18-15-,25-22-,27-24-,29-26-,31-30-. The van der Waals surface area contributed by atoms with Crippen LogP contribution in [0.3, 0.4) is 0 Å². The topological polar surface area (TPSA) is 78.9 Å². The van der Waals surface area contributed by atoms with Gasteiger partial charge in [0.2, 0.25) is 0 Å². The van der Waals surface area contributed by atoms with Gasteiger partial charge >= 0.3 is 17.9 Å². The zero-order chi connectivity index (χ0) is 57.8. The molecule has 0 saturated carbocycles. The normalized spacial score (nSPS) is 12.4. The molecule has 80 heavy (non-hydrogen) atoms. The van der Waals surface area contributed by atoms with Gasteiger partial charge in [-0.1, -0.05) is 313 Å². The van der Waals surface area contributed by atoms with Crippen LogP contribution in [0.1, 0.15) is 374 Å². The van der Waals surface area contributed by atoms with Crippen molar-refractivity contribution < 1.29 is 28.6 Å². The molecule has 0 aliphatic heterocycles. The first-order chi connectivity index (χ1) is 39.5. The van der Waals surface area contributed by atoms with E-state index in [4.69, 9.17) is 14.2 Å². The lowest BCUT2D eigenvalue weighted by Crippen LogP contribution is -2.30. The zero-order valence-corrected chi connectivity index (χ0v) is 53.6. The maximum Gasteiger partial charge on any atom is 0.306 e. The summed E-state index contributed by atoms with van der Waals surface area (Å²) in [5.41, 5.74) is 0. The molecule has 1 atom stereocenters. The summed E-state index contributed by atoms with van der Waals surface area (Å²) in [6.07, 6.45) is 88.3. The highest BCUT2D eigenvalue weighted by molar-refractivity contribution is 5.71. The van der Waals surface area contributed by atoms with Crippen molar-refractivity contribution in [2.75, 3.05) is 13.2 Å². The van der Waals surface area contributed by atoms with Gasteiger partial charge in [-0.15, -0.1) is 0 Å². The van der Waals surface area contributed by atoms with Gasteiger partial charge in [-0.05, 0) is 103 Å². The lowest BCUT2D eigenvalue weighted by atomic mass is 10.0. The average Bonchev–Trinajstić information content (AvgIpc) is 3.46. The second kappa shape index (κ2) is 68.6. The molecule has 0 aliphatic carbocycles. The maximum absolute atomic E-state index is 12.9. The predicted octanol–water partition coefficient (Wildman–Crippen LogP) is 24.3. The first-order valence-corrected chi connectivity index (χ1v) is 35.3. The Bertz CT molecular complexity index is 1430. The van der Waals surface area contributed by atoms with Gasteiger partial charge in [-0.2, -0.15) is 0 Å². The second-order valence-electron chi connectivity index (χ2n) is 23.8. The average molecular weight is 1120 g/mol. The van der Waals surface area contributed by atoms with Crippen LogP contribution in [0.4, 0.5) is 0 Å². The van der Waals surface area contributed by atoms with Crippen LogP contribution in [-0.2, 0) is 28.6 Å². The molecule has 466 valence electrons. The Labute approximate surface area is 498 Å². The lowest BCUT2D eigenvalue weighted by molar-refractivity contribution is -0.167. The third-order valence-electron chi connectivity index (χ3n) is 15.7. The van der Waals surface area contributed by atoms with Gasteiger partial charge in [0.25, 0.3) is 0 Å². The van der Waals surface area contributed by atoms with Crippen LogP contribution in [0.5, 0.6) is 0 Å². The minimum atomic E-state index is -0.782. The van der Waals surface area contributed by atoms with Crippen molar-refractivity contribution in [1.82, 2.24) is 0 Å². The molecule has 0 N–H and O–H groups in total. The van der Waals surface area contributed by atoms with E-state index in [0.29, 0.717) is 19.3 Å². The summed E-state index contributed by atoms with van der Waals surface area (Å²) in [7, 11) is 0. The molecule has 0 bridgehead atoms. The van der Waals surface area contributed by atoms with Crippen molar-refractivity contribution in [2.24, 2.45) is 0 Å². The fraction of sp³-hybridized carbons (Fsp3) is 0.824. The third-order valence-corrected chi connectivity index (χ3v) is 15.7. The summed E-state index contributed by atoms with van der Waals surface area (Å²) in [6, 6.07) is 0. The van der Waals surface area contributed by atoms with E-state index >= 15 is 0 Å². The molecule has 0 radical (unpaired) electrons. The Balaban J connectivity index is 4.18. The number of carbonyl (C=O) groups excluding carboxylic acids is 3. The molecule has 0 aromatic rings. The maximum atomic E-state index is 12.9. The number of carbonyl (C=O) groups is 3. The van der Waals surface area contributed by atoms with Crippen LogP contribution in [0.15, 0.2) is 60.8 Å². The molecule has 1 unspecified atom stereocenters. The fourth-order valence-electron chi connectivity index (χ4n) is 10.4. The van der Waals surface area contributed by atoms with Crippen molar-refractivity contribution >= 4 is 17.9 Å². The van der Waals surface area contributed by atoms with Crippen molar-refractivity contribution in [2.45, 2.75) is 380 Å². The van der Waals surface area contributed by atoms with Crippen LogP contribution >= 0.6 is 0 Å². The Hall–Kier alpha value is -2.89. The largest absolute Gasteiger partial charge is 0.462 e. The molecule has 0 rings (SSSR count). The monoisotopic (exact) mass is 1120 g/mol. The molecule has 0 saturated heterocycles. The van der Waals surface area contributed by atoms with Crippen LogP contribution in [0.25, 0.3) is 0 Å². The molecule has 0 spiro atoms. The first kappa shape index (κ1) is 77.1. The molecule has 0 aromatic carbocycles. The second-order valence-corrected chi connectivity index (χ2v) is 23.8. The van der Waals surface area contributed by atoms with Crippen molar-refractivity contribution in [1.29, 1.82) is 0 Å². The number of esters is 3. The van der Waals surface area contributed by atoms with E-state index in [2.05, 4.69) is 81.5 Å². The molecule has 0 amide bonds. The van der Waals surface area contributed by atoms with Gasteiger partial charge in [0.05, 0.1) is 0 Å². The smallest absolute Gasteiger partial charge is 0.306 e. The van der Waals surface area contributed by atoms with E-state index in [-0.39, 0.29) is 31.1 Å². The van der Waals surface area contributed by atoms with Crippen LogP contribution in [0, 0.1) is 0 Å². The molecule has 6 nitrogen and oxygen atoms in total. The van der Waals surface area contributed by atoms with E-state index < -0.39 is 6.10 Å². The predicted molar refractivity (Wildman–Crippen MR) is 348 cm³/mol. The van der Waals surface area contributed by atoms with Gasteiger partial charge in [0.1, 0.15) is 13.2 Å².